The van der Waals surface area contributed by atoms with Gasteiger partial charge in [-0.05, 0) is 25.1 Å². The summed E-state index contributed by atoms with van der Waals surface area (Å²) in [7, 11) is 0. The Morgan fingerprint density at radius 2 is 1.86 bits per heavy atom. The van der Waals surface area contributed by atoms with Crippen molar-refractivity contribution in [3.05, 3.63) is 67.7 Å². The highest BCUT2D eigenvalue weighted by molar-refractivity contribution is 6.43. The second kappa shape index (κ2) is 6.11. The monoisotopic (exact) mass is 325 g/mol. The van der Waals surface area contributed by atoms with Gasteiger partial charge >= 0.3 is 5.97 Å². The van der Waals surface area contributed by atoms with E-state index in [1.807, 2.05) is 0 Å². The Balaban J connectivity index is 2.35. The number of rotatable bonds is 3. The van der Waals surface area contributed by atoms with Gasteiger partial charge in [-0.25, -0.2) is 4.79 Å². The summed E-state index contributed by atoms with van der Waals surface area (Å²) in [6, 6.07) is 8.80. The molecule has 2 aromatic rings. The van der Waals surface area contributed by atoms with Gasteiger partial charge in [0.2, 0.25) is 0 Å². The molecule has 0 amide bonds. The molecule has 0 spiro atoms. The van der Waals surface area contributed by atoms with E-state index in [-0.39, 0.29) is 32.6 Å². The summed E-state index contributed by atoms with van der Waals surface area (Å²) in [6.45, 7) is 1.48. The number of hydrogen-bond acceptors (Lipinski definition) is 4. The molecule has 0 saturated carbocycles. The molecule has 5 nitrogen and oxygen atoms in total. The third-order valence-corrected chi connectivity index (χ3v) is 3.64. The number of nitrogens with zero attached hydrogens (tertiary/aromatic N) is 1. The van der Waals surface area contributed by atoms with Crippen LogP contribution in [-0.4, -0.2) is 10.9 Å². The number of nitro benzene ring substituents is 1. The van der Waals surface area contributed by atoms with Crippen molar-refractivity contribution in [1.29, 1.82) is 0 Å². The van der Waals surface area contributed by atoms with E-state index in [2.05, 4.69) is 0 Å². The summed E-state index contributed by atoms with van der Waals surface area (Å²) < 4.78 is 5.15. The first-order chi connectivity index (χ1) is 9.91. The molecule has 0 bridgehead atoms. The van der Waals surface area contributed by atoms with E-state index in [1.54, 1.807) is 12.1 Å². The Labute approximate surface area is 130 Å². The molecule has 0 heterocycles. The van der Waals surface area contributed by atoms with Crippen LogP contribution in [0.15, 0.2) is 36.4 Å². The molecule has 0 unspecified atom stereocenters. The van der Waals surface area contributed by atoms with Crippen LogP contribution in [0, 0.1) is 17.0 Å². The van der Waals surface area contributed by atoms with Gasteiger partial charge in [0.05, 0.1) is 15.5 Å². The first-order valence-corrected chi connectivity index (χ1v) is 6.57. The maximum absolute atomic E-state index is 12.1. The van der Waals surface area contributed by atoms with Crippen molar-refractivity contribution in [2.24, 2.45) is 0 Å². The van der Waals surface area contributed by atoms with Gasteiger partial charge < -0.3 is 4.74 Å². The van der Waals surface area contributed by atoms with Crippen molar-refractivity contribution in [1.82, 2.24) is 0 Å². The lowest BCUT2D eigenvalue weighted by Crippen LogP contribution is -2.11. The SMILES string of the molecule is Cc1c(C(=O)Oc2cccc(Cl)c2Cl)cccc1[N+](=O)[O-]. The molecule has 0 saturated heterocycles. The first-order valence-electron chi connectivity index (χ1n) is 5.82. The van der Waals surface area contributed by atoms with Crippen molar-refractivity contribution in [3.63, 3.8) is 0 Å². The highest BCUT2D eigenvalue weighted by Crippen LogP contribution is 2.32. The maximum atomic E-state index is 12.1. The number of esters is 1. The van der Waals surface area contributed by atoms with Gasteiger partial charge in [-0.3, -0.25) is 10.1 Å². The zero-order valence-corrected chi connectivity index (χ0v) is 12.3. The second-order valence-electron chi connectivity index (χ2n) is 4.15. The normalized spacial score (nSPS) is 10.2. The molecule has 0 atom stereocenters. The van der Waals surface area contributed by atoms with Gasteiger partial charge in [-0.1, -0.05) is 35.3 Å². The lowest BCUT2D eigenvalue weighted by molar-refractivity contribution is -0.385. The van der Waals surface area contributed by atoms with Crippen LogP contribution in [0.5, 0.6) is 5.75 Å². The molecule has 0 fully saturated rings. The summed E-state index contributed by atoms with van der Waals surface area (Å²) in [5.41, 5.74) is 0.174. The molecule has 0 aliphatic carbocycles. The fourth-order valence-electron chi connectivity index (χ4n) is 1.76. The minimum atomic E-state index is -0.736. The number of benzene rings is 2. The molecule has 0 aliphatic heterocycles. The van der Waals surface area contributed by atoms with Crippen LogP contribution < -0.4 is 4.74 Å². The Bertz CT molecular complexity index is 731. The predicted octanol–water partition coefficient (Wildman–Crippen LogP) is 4.43. The lowest BCUT2D eigenvalue weighted by Gasteiger charge is -2.09. The van der Waals surface area contributed by atoms with Crippen LogP contribution in [0.25, 0.3) is 0 Å². The van der Waals surface area contributed by atoms with E-state index >= 15 is 0 Å². The van der Waals surface area contributed by atoms with Gasteiger partial charge in [0.25, 0.3) is 5.69 Å². The van der Waals surface area contributed by atoms with Crippen LogP contribution in [0.4, 0.5) is 5.69 Å². The fraction of sp³-hybridized carbons (Fsp3) is 0.0714. The maximum Gasteiger partial charge on any atom is 0.344 e. The van der Waals surface area contributed by atoms with Gasteiger partial charge in [-0.2, -0.15) is 0 Å². The molecule has 108 valence electrons. The average Bonchev–Trinajstić information content (AvgIpc) is 2.43. The lowest BCUT2D eigenvalue weighted by atomic mass is 10.1. The topological polar surface area (TPSA) is 69.4 Å². The van der Waals surface area contributed by atoms with E-state index in [1.165, 1.54) is 31.2 Å². The summed E-state index contributed by atoms with van der Waals surface area (Å²) in [5, 5.41) is 11.2. The minimum Gasteiger partial charge on any atom is -0.421 e. The third-order valence-electron chi connectivity index (χ3n) is 2.84. The number of halogens is 2. The molecular formula is C14H9Cl2NO4. The minimum absolute atomic E-state index is 0.0973. The standard InChI is InChI=1S/C14H9Cl2NO4/c1-8-9(4-2-6-11(8)17(19)20)14(18)21-12-7-3-5-10(15)13(12)16/h2-7H,1H3. The number of hydrogen-bond donors (Lipinski definition) is 0. The van der Waals surface area contributed by atoms with E-state index in [4.69, 9.17) is 27.9 Å². The predicted molar refractivity (Wildman–Crippen MR) is 79.3 cm³/mol. The van der Waals surface area contributed by atoms with Crippen LogP contribution in [0.3, 0.4) is 0 Å². The van der Waals surface area contributed by atoms with Crippen molar-refractivity contribution in [2.75, 3.05) is 0 Å². The van der Waals surface area contributed by atoms with Crippen LogP contribution in [0.1, 0.15) is 15.9 Å². The van der Waals surface area contributed by atoms with Crippen LogP contribution in [-0.2, 0) is 0 Å². The Morgan fingerprint density at radius 3 is 2.52 bits per heavy atom. The average molecular weight is 326 g/mol. The zero-order valence-electron chi connectivity index (χ0n) is 10.8. The van der Waals surface area contributed by atoms with Gasteiger partial charge in [0, 0.05) is 11.6 Å². The van der Waals surface area contributed by atoms with E-state index < -0.39 is 10.9 Å². The van der Waals surface area contributed by atoms with E-state index in [0.717, 1.165) is 0 Å². The quantitative estimate of drug-likeness (QED) is 0.362. The summed E-state index contributed by atoms with van der Waals surface area (Å²) in [5.74, 6) is -0.638. The zero-order chi connectivity index (χ0) is 15.6. The third kappa shape index (κ3) is 3.15. The summed E-state index contributed by atoms with van der Waals surface area (Å²) >= 11 is 11.8. The highest BCUT2D eigenvalue weighted by atomic mass is 35.5. The van der Waals surface area contributed by atoms with Gasteiger partial charge in [0.15, 0.2) is 5.75 Å². The Kier molecular flexibility index (Phi) is 4.45. The smallest absolute Gasteiger partial charge is 0.344 e. The van der Waals surface area contributed by atoms with Crippen molar-refractivity contribution >= 4 is 34.9 Å². The highest BCUT2D eigenvalue weighted by Gasteiger charge is 2.20. The van der Waals surface area contributed by atoms with Crippen molar-refractivity contribution < 1.29 is 14.5 Å². The Hall–Kier alpha value is -2.11. The van der Waals surface area contributed by atoms with Crippen molar-refractivity contribution in [2.45, 2.75) is 6.92 Å². The van der Waals surface area contributed by atoms with Crippen LogP contribution in [0.2, 0.25) is 10.0 Å². The number of nitro groups is 1. The molecule has 7 heteroatoms. The second-order valence-corrected chi connectivity index (χ2v) is 4.93. The molecule has 21 heavy (non-hydrogen) atoms. The molecule has 0 aliphatic rings. The largest absolute Gasteiger partial charge is 0.421 e. The molecule has 2 aromatic carbocycles. The van der Waals surface area contributed by atoms with E-state index in [0.29, 0.717) is 0 Å². The van der Waals surface area contributed by atoms with Crippen molar-refractivity contribution in [3.8, 4) is 5.75 Å². The van der Waals surface area contributed by atoms with Gasteiger partial charge in [0.1, 0.15) is 5.02 Å². The Morgan fingerprint density at radius 1 is 1.19 bits per heavy atom. The molecule has 0 N–H and O–H groups in total. The molecule has 2 rings (SSSR count). The number of carbonyl (C=O) groups is 1. The fourth-order valence-corrected chi connectivity index (χ4v) is 2.09. The number of carbonyl (C=O) groups excluding carboxylic acids is 1. The van der Waals surface area contributed by atoms with E-state index in [9.17, 15) is 14.9 Å². The van der Waals surface area contributed by atoms with Gasteiger partial charge in [-0.15, -0.1) is 0 Å². The molecule has 0 radical (unpaired) electrons. The number of ether oxygens (including phenoxy) is 1. The molecular weight excluding hydrogens is 317 g/mol. The molecule has 0 aromatic heterocycles. The summed E-state index contributed by atoms with van der Waals surface area (Å²) in [6.07, 6.45) is 0. The summed E-state index contributed by atoms with van der Waals surface area (Å²) in [4.78, 5) is 22.4. The first kappa shape index (κ1) is 15.3. The van der Waals surface area contributed by atoms with Crippen LogP contribution >= 0.6 is 23.2 Å².